The van der Waals surface area contributed by atoms with E-state index in [2.05, 4.69) is 0 Å². The van der Waals surface area contributed by atoms with Crippen molar-refractivity contribution in [2.75, 3.05) is 14.2 Å². The number of benzene rings is 1. The molecule has 0 fully saturated rings. The molecule has 1 aromatic carbocycles. The normalized spacial score (nSPS) is 15.3. The van der Waals surface area contributed by atoms with E-state index >= 15 is 0 Å². The molecule has 6 heteroatoms. The van der Waals surface area contributed by atoms with Crippen molar-refractivity contribution >= 4 is 7.60 Å². The molecular formula is C12H19O5P. The van der Waals surface area contributed by atoms with Crippen LogP contribution in [0.1, 0.15) is 12.5 Å². The summed E-state index contributed by atoms with van der Waals surface area (Å²) in [5, 5.41) is 9.63. The van der Waals surface area contributed by atoms with Crippen LogP contribution in [0.2, 0.25) is 0 Å². The minimum absolute atomic E-state index is 0.229. The fourth-order valence-electron chi connectivity index (χ4n) is 1.53. The van der Waals surface area contributed by atoms with Crippen molar-refractivity contribution in [2.45, 2.75) is 25.5 Å². The van der Waals surface area contributed by atoms with E-state index in [-0.39, 0.29) is 6.61 Å². The topological polar surface area (TPSA) is 65.0 Å². The molecule has 0 aromatic heterocycles. The van der Waals surface area contributed by atoms with Crippen LogP contribution in [0.25, 0.3) is 0 Å². The molecule has 2 atom stereocenters. The molecule has 0 radical (unpaired) electrons. The molecule has 0 aliphatic rings. The van der Waals surface area contributed by atoms with Crippen molar-refractivity contribution in [3.8, 4) is 0 Å². The summed E-state index contributed by atoms with van der Waals surface area (Å²) in [6.45, 7) is 1.72. The largest absolute Gasteiger partial charge is 0.390 e. The Hall–Kier alpha value is -0.710. The molecule has 0 aliphatic heterocycles. The minimum Gasteiger partial charge on any atom is -0.390 e. The van der Waals surface area contributed by atoms with Crippen molar-refractivity contribution in [1.29, 1.82) is 0 Å². The Kier molecular flexibility index (Phi) is 5.99. The molecule has 0 saturated carbocycles. The Morgan fingerprint density at radius 1 is 1.22 bits per heavy atom. The van der Waals surface area contributed by atoms with E-state index in [1.807, 2.05) is 30.3 Å². The quantitative estimate of drug-likeness (QED) is 0.773. The summed E-state index contributed by atoms with van der Waals surface area (Å²) in [6.07, 6.45) is -0.959. The predicted octanol–water partition coefficient (Wildman–Crippen LogP) is 2.40. The lowest BCUT2D eigenvalue weighted by Crippen LogP contribution is -2.27. The van der Waals surface area contributed by atoms with Crippen LogP contribution >= 0.6 is 7.60 Å². The van der Waals surface area contributed by atoms with Gasteiger partial charge in [-0.25, -0.2) is 0 Å². The molecule has 0 aliphatic carbocycles. The summed E-state index contributed by atoms with van der Waals surface area (Å²) in [4.78, 5) is 0. The van der Waals surface area contributed by atoms with Crippen molar-refractivity contribution < 1.29 is 23.5 Å². The molecule has 0 heterocycles. The van der Waals surface area contributed by atoms with Crippen LogP contribution in [-0.2, 0) is 25.0 Å². The van der Waals surface area contributed by atoms with Crippen LogP contribution in [-0.4, -0.2) is 31.3 Å². The van der Waals surface area contributed by atoms with E-state index in [1.54, 1.807) is 0 Å². The maximum Gasteiger partial charge on any atom is 0.361 e. The van der Waals surface area contributed by atoms with Crippen LogP contribution < -0.4 is 0 Å². The maximum atomic E-state index is 12.2. The highest BCUT2D eigenvalue weighted by Gasteiger charge is 2.38. The van der Waals surface area contributed by atoms with Crippen molar-refractivity contribution in [3.05, 3.63) is 35.9 Å². The van der Waals surface area contributed by atoms with Gasteiger partial charge in [0.05, 0.1) is 12.7 Å². The summed E-state index contributed by atoms with van der Waals surface area (Å²) >= 11 is 0. The van der Waals surface area contributed by atoms with Gasteiger partial charge in [-0.3, -0.25) is 4.57 Å². The molecule has 0 amide bonds. The third-order valence-corrected chi connectivity index (χ3v) is 4.72. The van der Waals surface area contributed by atoms with Gasteiger partial charge in [0.15, 0.2) is 5.85 Å². The number of hydrogen-bond donors (Lipinski definition) is 1. The lowest BCUT2D eigenvalue weighted by atomic mass is 10.2. The minimum atomic E-state index is -3.46. The highest BCUT2D eigenvalue weighted by atomic mass is 31.2. The summed E-state index contributed by atoms with van der Waals surface area (Å²) in [6, 6.07) is 9.41. The zero-order chi connectivity index (χ0) is 13.6. The first-order valence-corrected chi connectivity index (χ1v) is 7.19. The van der Waals surface area contributed by atoms with Crippen molar-refractivity contribution in [2.24, 2.45) is 0 Å². The summed E-state index contributed by atoms with van der Waals surface area (Å²) in [5.74, 6) is -1.01. The van der Waals surface area contributed by atoms with Gasteiger partial charge in [-0.2, -0.15) is 0 Å². The van der Waals surface area contributed by atoms with E-state index in [0.717, 1.165) is 5.56 Å². The Morgan fingerprint density at radius 3 is 2.22 bits per heavy atom. The van der Waals surface area contributed by atoms with Gasteiger partial charge >= 0.3 is 7.60 Å². The van der Waals surface area contributed by atoms with Gasteiger partial charge in [0.1, 0.15) is 0 Å². The van der Waals surface area contributed by atoms with Crippen LogP contribution in [0.3, 0.4) is 0 Å². The molecule has 2 unspecified atom stereocenters. The van der Waals surface area contributed by atoms with Gasteiger partial charge in [0.25, 0.3) is 0 Å². The molecule has 5 nitrogen and oxygen atoms in total. The van der Waals surface area contributed by atoms with Gasteiger partial charge in [-0.1, -0.05) is 30.3 Å². The average molecular weight is 274 g/mol. The van der Waals surface area contributed by atoms with Crippen molar-refractivity contribution in [3.63, 3.8) is 0 Å². The summed E-state index contributed by atoms with van der Waals surface area (Å²) in [5.41, 5.74) is 0.918. The standard InChI is InChI=1S/C12H19O5P/c1-10(13)12(18(14,15-2)16-3)17-9-11-7-5-4-6-8-11/h4-8,10,12-13H,9H2,1-3H3. The van der Waals surface area contributed by atoms with Crippen LogP contribution in [0.4, 0.5) is 0 Å². The van der Waals surface area contributed by atoms with Crippen LogP contribution in [0.15, 0.2) is 30.3 Å². The Balaban J connectivity index is 2.73. The van der Waals surface area contributed by atoms with E-state index < -0.39 is 19.5 Å². The smallest absolute Gasteiger partial charge is 0.361 e. The monoisotopic (exact) mass is 274 g/mol. The molecule has 18 heavy (non-hydrogen) atoms. The molecule has 1 rings (SSSR count). The van der Waals surface area contributed by atoms with Gasteiger partial charge < -0.3 is 18.9 Å². The van der Waals surface area contributed by atoms with E-state index in [1.165, 1.54) is 21.1 Å². The predicted molar refractivity (Wildman–Crippen MR) is 68.3 cm³/mol. The van der Waals surface area contributed by atoms with Crippen molar-refractivity contribution in [1.82, 2.24) is 0 Å². The highest BCUT2D eigenvalue weighted by molar-refractivity contribution is 7.54. The first-order chi connectivity index (χ1) is 8.53. The third-order valence-electron chi connectivity index (χ3n) is 2.50. The highest BCUT2D eigenvalue weighted by Crippen LogP contribution is 2.53. The van der Waals surface area contributed by atoms with E-state index in [4.69, 9.17) is 13.8 Å². The first kappa shape index (κ1) is 15.3. The Labute approximate surface area is 107 Å². The molecule has 0 spiro atoms. The lowest BCUT2D eigenvalue weighted by Gasteiger charge is -2.26. The summed E-state index contributed by atoms with van der Waals surface area (Å²) < 4.78 is 27.4. The molecule has 102 valence electrons. The van der Waals surface area contributed by atoms with Gasteiger partial charge in [0, 0.05) is 14.2 Å². The fraction of sp³-hybridized carbons (Fsp3) is 0.500. The van der Waals surface area contributed by atoms with Gasteiger partial charge in [0.2, 0.25) is 0 Å². The third kappa shape index (κ3) is 3.90. The SMILES string of the molecule is COP(=O)(OC)C(OCc1ccccc1)C(C)O. The number of rotatable bonds is 7. The zero-order valence-corrected chi connectivity index (χ0v) is 11.7. The van der Waals surface area contributed by atoms with Gasteiger partial charge in [-0.05, 0) is 12.5 Å². The molecule has 0 bridgehead atoms. The first-order valence-electron chi connectivity index (χ1n) is 5.58. The van der Waals surface area contributed by atoms with Gasteiger partial charge in [-0.15, -0.1) is 0 Å². The second-order valence-corrected chi connectivity index (χ2v) is 6.15. The fourth-order valence-corrected chi connectivity index (χ4v) is 2.88. The van der Waals surface area contributed by atoms with E-state index in [9.17, 15) is 9.67 Å². The van der Waals surface area contributed by atoms with E-state index in [0.29, 0.717) is 0 Å². The Morgan fingerprint density at radius 2 is 1.78 bits per heavy atom. The maximum absolute atomic E-state index is 12.2. The number of aliphatic hydroxyl groups is 1. The zero-order valence-electron chi connectivity index (χ0n) is 10.8. The second-order valence-electron chi connectivity index (χ2n) is 3.83. The van der Waals surface area contributed by atoms with Crippen LogP contribution in [0, 0.1) is 0 Å². The average Bonchev–Trinajstić information content (AvgIpc) is 2.39. The molecule has 1 aromatic rings. The molecular weight excluding hydrogens is 255 g/mol. The summed E-state index contributed by atoms with van der Waals surface area (Å²) in [7, 11) is -0.918. The number of ether oxygens (including phenoxy) is 1. The lowest BCUT2D eigenvalue weighted by molar-refractivity contribution is -0.00829. The number of aliphatic hydroxyl groups excluding tert-OH is 1. The molecule has 1 N–H and O–H groups in total. The van der Waals surface area contributed by atoms with Crippen LogP contribution in [0.5, 0.6) is 0 Å². The number of hydrogen-bond acceptors (Lipinski definition) is 5. The molecule has 0 saturated heterocycles. The Bertz CT molecular complexity index is 385. The second kappa shape index (κ2) is 7.02.